The molecular weight excluding hydrogens is 412 g/mol. The largest absolute Gasteiger partial charge is 0.342 e. The third-order valence-corrected chi connectivity index (χ3v) is 6.06. The van der Waals surface area contributed by atoms with Crippen molar-refractivity contribution in [1.82, 2.24) is 14.9 Å². The predicted octanol–water partition coefficient (Wildman–Crippen LogP) is 2.67. The van der Waals surface area contributed by atoms with Gasteiger partial charge in [-0.3, -0.25) is 4.79 Å². The summed E-state index contributed by atoms with van der Waals surface area (Å²) in [5.74, 6) is 0.523. The van der Waals surface area contributed by atoms with Crippen LogP contribution in [0.25, 0.3) is 11.0 Å². The summed E-state index contributed by atoms with van der Waals surface area (Å²) in [5, 5.41) is 8.21. The van der Waals surface area contributed by atoms with E-state index in [1.54, 1.807) is 12.1 Å². The van der Waals surface area contributed by atoms with Gasteiger partial charge in [0.15, 0.2) is 0 Å². The maximum atomic E-state index is 12.9. The topological polar surface area (TPSA) is 107 Å². The lowest BCUT2D eigenvalue weighted by Gasteiger charge is -2.19. The van der Waals surface area contributed by atoms with Crippen molar-refractivity contribution in [2.24, 2.45) is 12.2 Å². The van der Waals surface area contributed by atoms with Crippen molar-refractivity contribution in [2.45, 2.75) is 17.4 Å². The van der Waals surface area contributed by atoms with Crippen molar-refractivity contribution < 1.29 is 13.2 Å². The smallest absolute Gasteiger partial charge is 0.238 e. The lowest BCUT2D eigenvalue weighted by atomic mass is 10.1. The summed E-state index contributed by atoms with van der Waals surface area (Å²) in [6, 6.07) is 23.0. The highest BCUT2D eigenvalue weighted by atomic mass is 32.2. The SMILES string of the molecule is Cn1c(C(NC(=O)Cc2ccc(S(N)(=O)=O)cc2)c2ccccc2)nc2ccccc21. The van der Waals surface area contributed by atoms with Crippen molar-refractivity contribution in [3.8, 4) is 0 Å². The molecule has 0 radical (unpaired) electrons. The van der Waals surface area contributed by atoms with Crippen LogP contribution in [0.15, 0.2) is 83.8 Å². The van der Waals surface area contributed by atoms with Crippen LogP contribution < -0.4 is 10.5 Å². The first-order valence-corrected chi connectivity index (χ1v) is 11.2. The Balaban J connectivity index is 1.62. The maximum absolute atomic E-state index is 12.9. The molecule has 1 amide bonds. The Kier molecular flexibility index (Phi) is 5.58. The molecule has 0 saturated heterocycles. The minimum Gasteiger partial charge on any atom is -0.342 e. The number of hydrogen-bond acceptors (Lipinski definition) is 4. The van der Waals surface area contributed by atoms with Crippen LogP contribution >= 0.6 is 0 Å². The lowest BCUT2D eigenvalue weighted by Crippen LogP contribution is -2.32. The van der Waals surface area contributed by atoms with Gasteiger partial charge in [0.2, 0.25) is 15.9 Å². The Hall–Kier alpha value is -3.49. The highest BCUT2D eigenvalue weighted by Gasteiger charge is 2.22. The molecule has 3 aromatic carbocycles. The van der Waals surface area contributed by atoms with Gasteiger partial charge in [-0.15, -0.1) is 0 Å². The number of nitrogens with one attached hydrogen (secondary N) is 1. The van der Waals surface area contributed by atoms with Gasteiger partial charge in [-0.2, -0.15) is 0 Å². The third-order valence-electron chi connectivity index (χ3n) is 5.13. The monoisotopic (exact) mass is 434 g/mol. The third kappa shape index (κ3) is 4.50. The summed E-state index contributed by atoms with van der Waals surface area (Å²) < 4.78 is 24.8. The quantitative estimate of drug-likeness (QED) is 0.486. The van der Waals surface area contributed by atoms with Gasteiger partial charge in [-0.05, 0) is 35.4 Å². The summed E-state index contributed by atoms with van der Waals surface area (Å²) in [7, 11) is -1.84. The highest BCUT2D eigenvalue weighted by molar-refractivity contribution is 7.89. The number of fused-ring (bicyclic) bond motifs is 1. The van der Waals surface area contributed by atoms with E-state index in [0.717, 1.165) is 22.4 Å². The first-order chi connectivity index (χ1) is 14.8. The van der Waals surface area contributed by atoms with Crippen LogP contribution in [0.2, 0.25) is 0 Å². The second-order valence-corrected chi connectivity index (χ2v) is 8.86. The summed E-state index contributed by atoms with van der Waals surface area (Å²) in [5.41, 5.74) is 3.43. The Morgan fingerprint density at radius 3 is 2.29 bits per heavy atom. The molecule has 0 bridgehead atoms. The van der Waals surface area contributed by atoms with Gasteiger partial charge in [0.25, 0.3) is 0 Å². The summed E-state index contributed by atoms with van der Waals surface area (Å²) in [4.78, 5) is 17.7. The van der Waals surface area contributed by atoms with E-state index in [0.29, 0.717) is 5.56 Å². The zero-order valence-corrected chi connectivity index (χ0v) is 17.7. The molecule has 0 saturated carbocycles. The number of aryl methyl sites for hydroxylation is 1. The number of carbonyl (C=O) groups is 1. The molecule has 7 nitrogen and oxygen atoms in total. The van der Waals surface area contributed by atoms with E-state index in [-0.39, 0.29) is 17.2 Å². The number of aromatic nitrogens is 2. The summed E-state index contributed by atoms with van der Waals surface area (Å²) in [6.45, 7) is 0. The number of rotatable bonds is 6. The second-order valence-electron chi connectivity index (χ2n) is 7.29. The second kappa shape index (κ2) is 8.33. The number of sulfonamides is 1. The normalized spacial score (nSPS) is 12.6. The van der Waals surface area contributed by atoms with Gasteiger partial charge in [-0.1, -0.05) is 54.6 Å². The van der Waals surface area contributed by atoms with Crippen molar-refractivity contribution in [1.29, 1.82) is 0 Å². The van der Waals surface area contributed by atoms with Crippen LogP contribution in [0.3, 0.4) is 0 Å². The minimum atomic E-state index is -3.77. The first kappa shape index (κ1) is 20.8. The minimum absolute atomic E-state index is 0.0125. The van der Waals surface area contributed by atoms with Crippen LogP contribution in [-0.4, -0.2) is 23.9 Å². The number of primary sulfonamides is 1. The fraction of sp³-hybridized carbons (Fsp3) is 0.130. The molecule has 1 unspecified atom stereocenters. The molecule has 158 valence electrons. The van der Waals surface area contributed by atoms with E-state index >= 15 is 0 Å². The standard InChI is InChI=1S/C23H22N4O3S/c1-27-20-10-6-5-9-19(20)25-23(27)22(17-7-3-2-4-8-17)26-21(28)15-16-11-13-18(14-12-16)31(24,29)30/h2-14,22H,15H2,1H3,(H,26,28)(H2,24,29,30). The predicted molar refractivity (Wildman–Crippen MR) is 119 cm³/mol. The molecule has 1 heterocycles. The van der Waals surface area contributed by atoms with E-state index in [1.807, 2.05) is 66.2 Å². The molecular formula is C23H22N4O3S. The van der Waals surface area contributed by atoms with Crippen LogP contribution in [0, 0.1) is 0 Å². The molecule has 0 aliphatic heterocycles. The van der Waals surface area contributed by atoms with E-state index < -0.39 is 16.1 Å². The Morgan fingerprint density at radius 1 is 1.00 bits per heavy atom. The molecule has 0 spiro atoms. The fourth-order valence-corrected chi connectivity index (χ4v) is 4.07. The Morgan fingerprint density at radius 2 is 1.65 bits per heavy atom. The number of amides is 1. The van der Waals surface area contributed by atoms with Crippen LogP contribution in [0.5, 0.6) is 0 Å². The molecule has 3 N–H and O–H groups in total. The zero-order chi connectivity index (χ0) is 22.0. The maximum Gasteiger partial charge on any atom is 0.238 e. The van der Waals surface area contributed by atoms with E-state index in [1.165, 1.54) is 12.1 Å². The molecule has 0 aliphatic carbocycles. The number of carbonyl (C=O) groups excluding carboxylic acids is 1. The number of nitrogens with two attached hydrogens (primary N) is 1. The molecule has 0 aliphatic rings. The van der Waals surface area contributed by atoms with E-state index in [4.69, 9.17) is 10.1 Å². The van der Waals surface area contributed by atoms with Crippen LogP contribution in [0.1, 0.15) is 23.0 Å². The molecule has 0 fully saturated rings. The molecule has 8 heteroatoms. The van der Waals surface area contributed by atoms with Crippen LogP contribution in [-0.2, 0) is 28.3 Å². The van der Waals surface area contributed by atoms with Crippen LogP contribution in [0.4, 0.5) is 0 Å². The van der Waals surface area contributed by atoms with E-state index in [9.17, 15) is 13.2 Å². The van der Waals surface area contributed by atoms with Crippen molar-refractivity contribution in [3.63, 3.8) is 0 Å². The molecule has 1 aromatic heterocycles. The van der Waals surface area contributed by atoms with E-state index in [2.05, 4.69) is 5.32 Å². The van der Waals surface area contributed by atoms with Crippen molar-refractivity contribution >= 4 is 27.0 Å². The summed E-state index contributed by atoms with van der Waals surface area (Å²) >= 11 is 0. The number of para-hydroxylation sites is 2. The molecule has 4 rings (SSSR count). The van der Waals surface area contributed by atoms with Gasteiger partial charge in [0, 0.05) is 7.05 Å². The van der Waals surface area contributed by atoms with Gasteiger partial charge < -0.3 is 9.88 Å². The van der Waals surface area contributed by atoms with Gasteiger partial charge in [-0.25, -0.2) is 18.5 Å². The molecule has 4 aromatic rings. The molecule has 1 atom stereocenters. The van der Waals surface area contributed by atoms with Gasteiger partial charge >= 0.3 is 0 Å². The lowest BCUT2D eigenvalue weighted by molar-refractivity contribution is -0.121. The highest BCUT2D eigenvalue weighted by Crippen LogP contribution is 2.25. The number of hydrogen-bond donors (Lipinski definition) is 2. The number of nitrogens with zero attached hydrogens (tertiary/aromatic N) is 2. The Bertz CT molecular complexity index is 1330. The van der Waals surface area contributed by atoms with Gasteiger partial charge in [0.05, 0.1) is 22.3 Å². The summed E-state index contributed by atoms with van der Waals surface area (Å²) in [6.07, 6.45) is 0.0954. The molecule has 31 heavy (non-hydrogen) atoms. The fourth-order valence-electron chi connectivity index (χ4n) is 3.56. The number of imidazole rings is 1. The Labute approximate surface area is 180 Å². The van der Waals surface area contributed by atoms with Crippen molar-refractivity contribution in [3.05, 3.63) is 95.8 Å². The van der Waals surface area contributed by atoms with Gasteiger partial charge in [0.1, 0.15) is 11.9 Å². The zero-order valence-electron chi connectivity index (χ0n) is 16.9. The average Bonchev–Trinajstić information content (AvgIpc) is 3.09. The average molecular weight is 435 g/mol. The first-order valence-electron chi connectivity index (χ1n) is 9.70. The number of benzene rings is 3. The van der Waals surface area contributed by atoms with Crippen molar-refractivity contribution in [2.75, 3.05) is 0 Å².